The molecule has 1 fully saturated rings. The SMILES string of the molecule is O=C(NCCN1CCCCC1)c1cn2ccnc2cn1. The average Bonchev–Trinajstić information content (AvgIpc) is 2.95. The van der Waals surface area contributed by atoms with E-state index >= 15 is 0 Å². The Morgan fingerprint density at radius 3 is 2.95 bits per heavy atom. The number of nitrogens with zero attached hydrogens (tertiary/aromatic N) is 4. The summed E-state index contributed by atoms with van der Waals surface area (Å²) in [4.78, 5) is 22.7. The Labute approximate surface area is 117 Å². The minimum Gasteiger partial charge on any atom is -0.349 e. The van der Waals surface area contributed by atoms with Crippen molar-refractivity contribution in [1.29, 1.82) is 0 Å². The zero-order valence-corrected chi connectivity index (χ0v) is 11.5. The Morgan fingerprint density at radius 2 is 2.10 bits per heavy atom. The van der Waals surface area contributed by atoms with Crippen molar-refractivity contribution < 1.29 is 4.79 Å². The Bertz CT molecular complexity index is 588. The lowest BCUT2D eigenvalue weighted by Crippen LogP contribution is -2.37. The number of hydrogen-bond acceptors (Lipinski definition) is 4. The summed E-state index contributed by atoms with van der Waals surface area (Å²) in [6.07, 6.45) is 10.7. The topological polar surface area (TPSA) is 62.5 Å². The number of carbonyl (C=O) groups excluding carboxylic acids is 1. The van der Waals surface area contributed by atoms with E-state index in [0.717, 1.165) is 25.3 Å². The number of carbonyl (C=O) groups is 1. The first kappa shape index (κ1) is 13.1. The smallest absolute Gasteiger partial charge is 0.271 e. The van der Waals surface area contributed by atoms with Crippen LogP contribution < -0.4 is 5.32 Å². The maximum Gasteiger partial charge on any atom is 0.271 e. The van der Waals surface area contributed by atoms with Crippen molar-refractivity contribution in [3.8, 4) is 0 Å². The molecule has 1 amide bonds. The number of hydrogen-bond donors (Lipinski definition) is 1. The molecule has 0 spiro atoms. The van der Waals surface area contributed by atoms with E-state index in [9.17, 15) is 4.79 Å². The molecule has 1 aliphatic rings. The summed E-state index contributed by atoms with van der Waals surface area (Å²) in [5.41, 5.74) is 1.17. The molecule has 0 saturated carbocycles. The summed E-state index contributed by atoms with van der Waals surface area (Å²) in [7, 11) is 0. The molecule has 0 radical (unpaired) electrons. The molecule has 6 heteroatoms. The van der Waals surface area contributed by atoms with Crippen molar-refractivity contribution in [2.75, 3.05) is 26.2 Å². The Balaban J connectivity index is 1.53. The van der Waals surface area contributed by atoms with Gasteiger partial charge in [-0.2, -0.15) is 0 Å². The van der Waals surface area contributed by atoms with Gasteiger partial charge in [0.25, 0.3) is 5.91 Å². The number of piperidine rings is 1. The monoisotopic (exact) mass is 273 g/mol. The van der Waals surface area contributed by atoms with Gasteiger partial charge in [0.2, 0.25) is 0 Å². The predicted octanol–water partition coefficient (Wildman–Crippen LogP) is 0.945. The van der Waals surface area contributed by atoms with Crippen molar-refractivity contribution >= 4 is 11.6 Å². The largest absolute Gasteiger partial charge is 0.349 e. The second-order valence-corrected chi connectivity index (χ2v) is 5.12. The summed E-state index contributed by atoms with van der Waals surface area (Å²) in [5, 5.41) is 2.93. The lowest BCUT2D eigenvalue weighted by molar-refractivity contribution is 0.0941. The average molecular weight is 273 g/mol. The lowest BCUT2D eigenvalue weighted by Gasteiger charge is -2.26. The van der Waals surface area contributed by atoms with Crippen LogP contribution in [0, 0.1) is 0 Å². The number of likely N-dealkylation sites (tertiary alicyclic amines) is 1. The minimum absolute atomic E-state index is 0.127. The standard InChI is InChI=1S/C14H19N5O/c20-14(16-4-8-18-6-2-1-3-7-18)12-11-19-9-5-15-13(19)10-17-12/h5,9-11H,1-4,6-8H2,(H,16,20). The molecule has 1 saturated heterocycles. The highest BCUT2D eigenvalue weighted by Crippen LogP contribution is 2.07. The van der Waals surface area contributed by atoms with Gasteiger partial charge in [-0.15, -0.1) is 0 Å². The van der Waals surface area contributed by atoms with Gasteiger partial charge in [0.1, 0.15) is 5.69 Å². The molecular weight excluding hydrogens is 254 g/mol. The molecule has 6 nitrogen and oxygen atoms in total. The van der Waals surface area contributed by atoms with Crippen LogP contribution in [0.3, 0.4) is 0 Å². The molecule has 106 valence electrons. The van der Waals surface area contributed by atoms with Crippen molar-refractivity contribution in [1.82, 2.24) is 24.6 Å². The molecule has 1 N–H and O–H groups in total. The number of aromatic nitrogens is 3. The van der Waals surface area contributed by atoms with Crippen molar-refractivity contribution in [3.05, 3.63) is 30.5 Å². The molecule has 3 heterocycles. The van der Waals surface area contributed by atoms with Crippen LogP contribution in [0.4, 0.5) is 0 Å². The summed E-state index contributed by atoms with van der Waals surface area (Å²) >= 11 is 0. The van der Waals surface area contributed by atoms with Crippen LogP contribution in [0.25, 0.3) is 5.65 Å². The Morgan fingerprint density at radius 1 is 1.25 bits per heavy atom. The highest BCUT2D eigenvalue weighted by Gasteiger charge is 2.11. The highest BCUT2D eigenvalue weighted by molar-refractivity contribution is 5.92. The molecular formula is C14H19N5O. The van der Waals surface area contributed by atoms with Crippen LogP contribution in [-0.2, 0) is 0 Å². The normalized spacial score (nSPS) is 16.4. The van der Waals surface area contributed by atoms with Crippen LogP contribution in [-0.4, -0.2) is 51.4 Å². The van der Waals surface area contributed by atoms with E-state index < -0.39 is 0 Å². The second-order valence-electron chi connectivity index (χ2n) is 5.12. The summed E-state index contributed by atoms with van der Waals surface area (Å²) < 4.78 is 1.80. The maximum absolute atomic E-state index is 12.0. The van der Waals surface area contributed by atoms with Gasteiger partial charge in [0, 0.05) is 31.7 Å². The number of nitrogens with one attached hydrogen (secondary N) is 1. The van der Waals surface area contributed by atoms with Gasteiger partial charge < -0.3 is 14.6 Å². The fourth-order valence-electron chi connectivity index (χ4n) is 2.54. The first-order chi connectivity index (χ1) is 9.83. The van der Waals surface area contributed by atoms with Crippen molar-refractivity contribution in [3.63, 3.8) is 0 Å². The zero-order valence-electron chi connectivity index (χ0n) is 11.5. The van der Waals surface area contributed by atoms with Gasteiger partial charge in [0.05, 0.1) is 6.20 Å². The van der Waals surface area contributed by atoms with Crippen LogP contribution >= 0.6 is 0 Å². The molecule has 2 aromatic rings. The zero-order chi connectivity index (χ0) is 13.8. The molecule has 20 heavy (non-hydrogen) atoms. The molecule has 0 atom stereocenters. The van der Waals surface area contributed by atoms with Crippen molar-refractivity contribution in [2.24, 2.45) is 0 Å². The molecule has 2 aromatic heterocycles. The number of fused-ring (bicyclic) bond motifs is 1. The molecule has 0 unspecified atom stereocenters. The summed E-state index contributed by atoms with van der Waals surface area (Å²) in [5.74, 6) is -0.127. The van der Waals surface area contributed by atoms with Crippen LogP contribution in [0.5, 0.6) is 0 Å². The first-order valence-electron chi connectivity index (χ1n) is 7.12. The van der Waals surface area contributed by atoms with E-state index in [0.29, 0.717) is 12.2 Å². The van der Waals surface area contributed by atoms with Gasteiger partial charge in [0.15, 0.2) is 5.65 Å². The third-order valence-corrected chi connectivity index (χ3v) is 3.67. The Hall–Kier alpha value is -1.95. The van der Waals surface area contributed by atoms with E-state index in [1.165, 1.54) is 19.3 Å². The van der Waals surface area contributed by atoms with E-state index in [1.807, 2.05) is 6.20 Å². The third-order valence-electron chi connectivity index (χ3n) is 3.67. The molecule has 0 aromatic carbocycles. The highest BCUT2D eigenvalue weighted by atomic mass is 16.1. The number of rotatable bonds is 4. The molecule has 0 bridgehead atoms. The fraction of sp³-hybridized carbons (Fsp3) is 0.500. The Kier molecular flexibility index (Phi) is 3.92. The van der Waals surface area contributed by atoms with Gasteiger partial charge in [-0.05, 0) is 25.9 Å². The molecule has 3 rings (SSSR count). The fourth-order valence-corrected chi connectivity index (χ4v) is 2.54. The van der Waals surface area contributed by atoms with Gasteiger partial charge >= 0.3 is 0 Å². The lowest BCUT2D eigenvalue weighted by atomic mass is 10.1. The van der Waals surface area contributed by atoms with E-state index in [4.69, 9.17) is 0 Å². The van der Waals surface area contributed by atoms with Crippen molar-refractivity contribution in [2.45, 2.75) is 19.3 Å². The van der Waals surface area contributed by atoms with Gasteiger partial charge in [-0.3, -0.25) is 4.79 Å². The summed E-state index contributed by atoms with van der Waals surface area (Å²) in [6, 6.07) is 0. The maximum atomic E-state index is 12.0. The van der Waals surface area contributed by atoms with Gasteiger partial charge in [-0.1, -0.05) is 6.42 Å². The summed E-state index contributed by atoms with van der Waals surface area (Å²) in [6.45, 7) is 3.88. The third kappa shape index (κ3) is 2.96. The predicted molar refractivity (Wildman–Crippen MR) is 75.6 cm³/mol. The molecule has 0 aliphatic carbocycles. The number of amides is 1. The van der Waals surface area contributed by atoms with Gasteiger partial charge in [-0.25, -0.2) is 9.97 Å². The van der Waals surface area contributed by atoms with E-state index in [2.05, 4.69) is 20.2 Å². The second kappa shape index (κ2) is 6.00. The minimum atomic E-state index is -0.127. The van der Waals surface area contributed by atoms with E-state index in [1.54, 1.807) is 23.0 Å². The quantitative estimate of drug-likeness (QED) is 0.900. The first-order valence-corrected chi connectivity index (χ1v) is 7.12. The van der Waals surface area contributed by atoms with E-state index in [-0.39, 0.29) is 5.91 Å². The molecule has 1 aliphatic heterocycles. The number of imidazole rings is 1. The van der Waals surface area contributed by atoms with Crippen LogP contribution in [0.1, 0.15) is 29.8 Å². The van der Waals surface area contributed by atoms with Crippen LogP contribution in [0.2, 0.25) is 0 Å². The van der Waals surface area contributed by atoms with Crippen LogP contribution in [0.15, 0.2) is 24.8 Å².